The maximum Gasteiger partial charge on any atom is 0.167 e. The van der Waals surface area contributed by atoms with Crippen LogP contribution in [0.4, 0.5) is 5.82 Å². The fourth-order valence-corrected chi connectivity index (χ4v) is 3.48. The molecule has 7 nitrogen and oxygen atoms in total. The lowest BCUT2D eigenvalue weighted by Gasteiger charge is -2.18. The van der Waals surface area contributed by atoms with E-state index in [0.717, 1.165) is 42.2 Å². The van der Waals surface area contributed by atoms with Gasteiger partial charge in [-0.05, 0) is 19.4 Å². The smallest absolute Gasteiger partial charge is 0.167 e. The van der Waals surface area contributed by atoms with Crippen molar-refractivity contribution in [1.82, 2.24) is 24.8 Å². The van der Waals surface area contributed by atoms with Crippen LogP contribution in [0.25, 0.3) is 11.2 Å². The molecule has 3 heterocycles. The van der Waals surface area contributed by atoms with E-state index in [9.17, 15) is 0 Å². The number of imidazole rings is 1. The fourth-order valence-electron chi connectivity index (χ4n) is 3.48. The van der Waals surface area contributed by atoms with Crippen molar-refractivity contribution in [2.45, 2.75) is 45.9 Å². The minimum atomic E-state index is -0.0216. The van der Waals surface area contributed by atoms with E-state index in [1.165, 1.54) is 0 Å². The maximum absolute atomic E-state index is 6.31. The zero-order valence-corrected chi connectivity index (χ0v) is 15.2. The van der Waals surface area contributed by atoms with Gasteiger partial charge >= 0.3 is 0 Å². The number of anilines is 1. The Kier molecular flexibility index (Phi) is 5.01. The highest BCUT2D eigenvalue weighted by Crippen LogP contribution is 2.41. The molecule has 2 aromatic heterocycles. The topological polar surface area (TPSA) is 76.9 Å². The molecule has 0 aliphatic carbocycles. The van der Waals surface area contributed by atoms with Gasteiger partial charge in [-0.2, -0.15) is 0 Å². The van der Waals surface area contributed by atoms with E-state index in [1.54, 1.807) is 0 Å². The van der Waals surface area contributed by atoms with Crippen LogP contribution in [0, 0.1) is 11.8 Å². The highest BCUT2D eigenvalue weighted by molar-refractivity contribution is 5.83. The van der Waals surface area contributed by atoms with Gasteiger partial charge in [0.2, 0.25) is 0 Å². The van der Waals surface area contributed by atoms with Gasteiger partial charge in [0.1, 0.15) is 12.1 Å². The SMILES string of the molecule is CC[C@H]1O[C@@H](n2cnc3c(NC)nc(CCNC)nc32)[C@H](C)[C@@H]1C. The lowest BCUT2D eigenvalue weighted by Crippen LogP contribution is -2.17. The molecule has 3 rings (SSSR count). The maximum atomic E-state index is 6.31. The Balaban J connectivity index is 2.02. The molecule has 4 atom stereocenters. The number of ether oxygens (including phenoxy) is 1. The molecule has 0 saturated carbocycles. The minimum Gasteiger partial charge on any atom is -0.371 e. The first-order chi connectivity index (χ1) is 11.6. The zero-order chi connectivity index (χ0) is 17.3. The number of nitrogens with one attached hydrogen (secondary N) is 2. The van der Waals surface area contributed by atoms with E-state index < -0.39 is 0 Å². The van der Waals surface area contributed by atoms with Crippen molar-refractivity contribution < 1.29 is 4.74 Å². The third-order valence-electron chi connectivity index (χ3n) is 5.16. The molecule has 1 aliphatic heterocycles. The number of rotatable bonds is 6. The first kappa shape index (κ1) is 17.1. The quantitative estimate of drug-likeness (QED) is 0.844. The van der Waals surface area contributed by atoms with Gasteiger partial charge in [-0.25, -0.2) is 15.0 Å². The first-order valence-corrected chi connectivity index (χ1v) is 8.81. The molecular formula is C17H28N6O. The third kappa shape index (κ3) is 2.86. The molecule has 0 bridgehead atoms. The van der Waals surface area contributed by atoms with Crippen molar-refractivity contribution in [3.8, 4) is 0 Å². The van der Waals surface area contributed by atoms with Crippen molar-refractivity contribution in [3.63, 3.8) is 0 Å². The predicted molar refractivity (Wildman–Crippen MR) is 95.0 cm³/mol. The molecule has 2 aromatic rings. The van der Waals surface area contributed by atoms with Crippen LogP contribution in [-0.2, 0) is 11.2 Å². The normalized spacial score (nSPS) is 27.0. The van der Waals surface area contributed by atoms with E-state index in [2.05, 4.69) is 45.9 Å². The van der Waals surface area contributed by atoms with Crippen molar-refractivity contribution in [2.75, 3.05) is 26.0 Å². The van der Waals surface area contributed by atoms with Crippen LogP contribution in [0.1, 0.15) is 39.2 Å². The predicted octanol–water partition coefficient (Wildman–Crippen LogP) is 2.21. The molecule has 1 fully saturated rings. The Morgan fingerprint density at radius 3 is 2.62 bits per heavy atom. The van der Waals surface area contributed by atoms with Gasteiger partial charge in [-0.3, -0.25) is 4.57 Å². The molecule has 2 N–H and O–H groups in total. The number of hydrogen-bond donors (Lipinski definition) is 2. The van der Waals surface area contributed by atoms with Gasteiger partial charge in [-0.1, -0.05) is 20.8 Å². The molecule has 0 radical (unpaired) electrons. The standard InChI is InChI=1S/C17H28N6O/c1-6-12-10(2)11(3)17(24-12)23-9-20-14-15(19-5)21-13(7-8-18-4)22-16(14)23/h9-12,17-18H,6-8H2,1-5H3,(H,19,21,22)/t10-,11+,12+,17+/m0/s1. The molecule has 24 heavy (non-hydrogen) atoms. The number of nitrogens with zero attached hydrogens (tertiary/aromatic N) is 4. The summed E-state index contributed by atoms with van der Waals surface area (Å²) in [5, 5.41) is 6.29. The highest BCUT2D eigenvalue weighted by atomic mass is 16.5. The average molecular weight is 332 g/mol. The van der Waals surface area contributed by atoms with Crippen LogP contribution in [0.2, 0.25) is 0 Å². The van der Waals surface area contributed by atoms with Crippen LogP contribution in [0.15, 0.2) is 6.33 Å². The van der Waals surface area contributed by atoms with E-state index in [0.29, 0.717) is 11.8 Å². The Hall–Kier alpha value is -1.73. The highest BCUT2D eigenvalue weighted by Gasteiger charge is 2.39. The molecule has 0 aromatic carbocycles. The van der Waals surface area contributed by atoms with Gasteiger partial charge in [0.05, 0.1) is 12.4 Å². The number of likely N-dealkylation sites (N-methyl/N-ethyl adjacent to an activating group) is 1. The van der Waals surface area contributed by atoms with Crippen LogP contribution in [0.5, 0.6) is 0 Å². The summed E-state index contributed by atoms with van der Waals surface area (Å²) in [5.74, 6) is 2.53. The second kappa shape index (κ2) is 7.03. The second-order valence-corrected chi connectivity index (χ2v) is 6.61. The van der Waals surface area contributed by atoms with Crippen LogP contribution < -0.4 is 10.6 Å². The summed E-state index contributed by atoms with van der Waals surface area (Å²) in [7, 11) is 3.80. The summed E-state index contributed by atoms with van der Waals surface area (Å²) in [6, 6.07) is 0. The summed E-state index contributed by atoms with van der Waals surface area (Å²) < 4.78 is 8.39. The van der Waals surface area contributed by atoms with Gasteiger partial charge in [0, 0.05) is 25.9 Å². The van der Waals surface area contributed by atoms with Gasteiger partial charge in [0.25, 0.3) is 0 Å². The van der Waals surface area contributed by atoms with Crippen LogP contribution >= 0.6 is 0 Å². The Labute approximate surface area is 143 Å². The van der Waals surface area contributed by atoms with Crippen LogP contribution in [0.3, 0.4) is 0 Å². The molecule has 0 amide bonds. The van der Waals surface area contributed by atoms with Crippen molar-refractivity contribution in [1.29, 1.82) is 0 Å². The molecule has 0 unspecified atom stereocenters. The lowest BCUT2D eigenvalue weighted by atomic mass is 9.91. The molecular weight excluding hydrogens is 304 g/mol. The van der Waals surface area contributed by atoms with Crippen molar-refractivity contribution >= 4 is 17.0 Å². The average Bonchev–Trinajstić information content (AvgIpc) is 3.14. The molecule has 1 aliphatic rings. The van der Waals surface area contributed by atoms with E-state index in [4.69, 9.17) is 9.72 Å². The van der Waals surface area contributed by atoms with Crippen LogP contribution in [-0.4, -0.2) is 46.3 Å². The molecule has 132 valence electrons. The zero-order valence-electron chi connectivity index (χ0n) is 15.2. The van der Waals surface area contributed by atoms with Gasteiger partial charge < -0.3 is 15.4 Å². The second-order valence-electron chi connectivity index (χ2n) is 6.61. The van der Waals surface area contributed by atoms with Crippen molar-refractivity contribution in [3.05, 3.63) is 12.2 Å². The van der Waals surface area contributed by atoms with Gasteiger partial charge in [-0.15, -0.1) is 0 Å². The lowest BCUT2D eigenvalue weighted by molar-refractivity contribution is -0.0120. The Morgan fingerprint density at radius 1 is 1.21 bits per heavy atom. The fraction of sp³-hybridized carbons (Fsp3) is 0.706. The first-order valence-electron chi connectivity index (χ1n) is 8.81. The monoisotopic (exact) mass is 332 g/mol. The summed E-state index contributed by atoms with van der Waals surface area (Å²) in [6.45, 7) is 7.54. The number of hydrogen-bond acceptors (Lipinski definition) is 6. The summed E-state index contributed by atoms with van der Waals surface area (Å²) >= 11 is 0. The molecule has 7 heteroatoms. The molecule has 1 saturated heterocycles. The summed E-state index contributed by atoms with van der Waals surface area (Å²) in [4.78, 5) is 13.9. The Bertz CT molecular complexity index is 700. The van der Waals surface area contributed by atoms with Gasteiger partial charge in [0.15, 0.2) is 17.0 Å². The van der Waals surface area contributed by atoms with Crippen molar-refractivity contribution in [2.24, 2.45) is 11.8 Å². The van der Waals surface area contributed by atoms with E-state index in [-0.39, 0.29) is 12.3 Å². The summed E-state index contributed by atoms with van der Waals surface area (Å²) in [6.07, 6.45) is 3.91. The minimum absolute atomic E-state index is 0.0216. The Morgan fingerprint density at radius 2 is 2.00 bits per heavy atom. The van der Waals surface area contributed by atoms with E-state index in [1.807, 2.05) is 20.4 Å². The van der Waals surface area contributed by atoms with E-state index >= 15 is 0 Å². The number of aromatic nitrogens is 4. The summed E-state index contributed by atoms with van der Waals surface area (Å²) in [5.41, 5.74) is 1.65. The molecule has 0 spiro atoms. The third-order valence-corrected chi connectivity index (χ3v) is 5.16. The number of fused-ring (bicyclic) bond motifs is 1. The largest absolute Gasteiger partial charge is 0.371 e.